The third kappa shape index (κ3) is 5.66. The van der Waals surface area contributed by atoms with Gasteiger partial charge in [0.2, 0.25) is 11.8 Å². The predicted molar refractivity (Wildman–Crippen MR) is 113 cm³/mol. The average Bonchev–Trinajstić information content (AvgIpc) is 3.21. The first kappa shape index (κ1) is 21.0. The van der Waals surface area contributed by atoms with Crippen molar-refractivity contribution in [3.63, 3.8) is 0 Å². The van der Waals surface area contributed by atoms with Crippen LogP contribution in [-0.4, -0.2) is 34.1 Å². The topological polar surface area (TPSA) is 109 Å². The van der Waals surface area contributed by atoms with E-state index in [1.54, 1.807) is 7.11 Å². The fourth-order valence-electron chi connectivity index (χ4n) is 2.98. The number of aromatic amines is 1. The van der Waals surface area contributed by atoms with Gasteiger partial charge in [-0.1, -0.05) is 29.8 Å². The molecule has 8 nitrogen and oxygen atoms in total. The highest BCUT2D eigenvalue weighted by Crippen LogP contribution is 2.19. The van der Waals surface area contributed by atoms with Crippen molar-refractivity contribution in [2.45, 2.75) is 32.9 Å². The van der Waals surface area contributed by atoms with E-state index >= 15 is 0 Å². The fourth-order valence-corrected chi connectivity index (χ4v) is 2.98. The first-order chi connectivity index (χ1) is 14.4. The van der Waals surface area contributed by atoms with E-state index in [1.807, 2.05) is 55.5 Å². The Kier molecular flexibility index (Phi) is 6.79. The third-order valence-corrected chi connectivity index (χ3v) is 4.58. The van der Waals surface area contributed by atoms with Crippen molar-refractivity contribution in [1.82, 2.24) is 25.8 Å². The number of nitrogens with zero attached hydrogens (tertiary/aromatic N) is 2. The third-order valence-electron chi connectivity index (χ3n) is 4.58. The van der Waals surface area contributed by atoms with Gasteiger partial charge < -0.3 is 15.4 Å². The van der Waals surface area contributed by atoms with Crippen LogP contribution in [0.15, 0.2) is 48.5 Å². The number of nitrogens with one attached hydrogen (secondary N) is 3. The lowest BCUT2D eigenvalue weighted by Gasteiger charge is -2.18. The zero-order valence-electron chi connectivity index (χ0n) is 17.2. The molecule has 3 N–H and O–H groups in total. The first-order valence-electron chi connectivity index (χ1n) is 9.60. The van der Waals surface area contributed by atoms with Crippen molar-refractivity contribution in [1.29, 1.82) is 0 Å². The first-order valence-corrected chi connectivity index (χ1v) is 9.60. The van der Waals surface area contributed by atoms with Gasteiger partial charge in [-0.3, -0.25) is 14.7 Å². The standard InChI is InChI=1S/C22H25N5O3/c1-14-4-6-16(7-5-14)19(24-15(2)28)12-21(29)23-13-20-25-22(27-26-20)17-8-10-18(30-3)11-9-17/h4-11,19H,12-13H2,1-3H3,(H,23,29)(H,24,28)(H,25,26,27). The molecule has 0 saturated heterocycles. The number of carbonyl (C=O) groups excluding carboxylic acids is 2. The Balaban J connectivity index is 1.59. The molecule has 3 rings (SSSR count). The molecule has 156 valence electrons. The maximum Gasteiger partial charge on any atom is 0.222 e. The number of carbonyl (C=O) groups is 2. The van der Waals surface area contributed by atoms with Gasteiger partial charge in [-0.25, -0.2) is 4.98 Å². The van der Waals surface area contributed by atoms with Crippen LogP contribution < -0.4 is 15.4 Å². The highest BCUT2D eigenvalue weighted by molar-refractivity contribution is 5.79. The van der Waals surface area contributed by atoms with E-state index in [9.17, 15) is 9.59 Å². The van der Waals surface area contributed by atoms with Crippen LogP contribution in [0, 0.1) is 6.92 Å². The Morgan fingerprint density at radius 1 is 1.10 bits per heavy atom. The number of hydrogen-bond donors (Lipinski definition) is 3. The second-order valence-electron chi connectivity index (χ2n) is 6.98. The minimum Gasteiger partial charge on any atom is -0.497 e. The van der Waals surface area contributed by atoms with Gasteiger partial charge >= 0.3 is 0 Å². The predicted octanol–water partition coefficient (Wildman–Crippen LogP) is 2.67. The molecule has 1 unspecified atom stereocenters. The van der Waals surface area contributed by atoms with Gasteiger partial charge in [-0.05, 0) is 36.8 Å². The lowest BCUT2D eigenvalue weighted by atomic mass is 10.0. The van der Waals surface area contributed by atoms with Gasteiger partial charge in [0.25, 0.3) is 0 Å². The van der Waals surface area contributed by atoms with Crippen LogP contribution in [-0.2, 0) is 16.1 Å². The maximum atomic E-state index is 12.5. The van der Waals surface area contributed by atoms with Crippen LogP contribution in [0.2, 0.25) is 0 Å². The van der Waals surface area contributed by atoms with Gasteiger partial charge in [0, 0.05) is 12.5 Å². The van der Waals surface area contributed by atoms with Gasteiger partial charge in [-0.15, -0.1) is 0 Å². The Labute approximate surface area is 175 Å². The summed E-state index contributed by atoms with van der Waals surface area (Å²) in [6.45, 7) is 3.64. The molecule has 30 heavy (non-hydrogen) atoms. The number of methoxy groups -OCH3 is 1. The molecule has 0 bridgehead atoms. The molecule has 0 aliphatic carbocycles. The van der Waals surface area contributed by atoms with Crippen molar-refractivity contribution in [2.75, 3.05) is 7.11 Å². The molecule has 1 heterocycles. The number of aryl methyl sites for hydroxylation is 1. The summed E-state index contributed by atoms with van der Waals surface area (Å²) in [5, 5.41) is 12.7. The zero-order chi connectivity index (χ0) is 21.5. The van der Waals surface area contributed by atoms with Crippen molar-refractivity contribution < 1.29 is 14.3 Å². The number of H-pyrrole nitrogens is 1. The normalized spacial score (nSPS) is 11.6. The van der Waals surface area contributed by atoms with Crippen LogP contribution in [0.3, 0.4) is 0 Å². The molecular formula is C22H25N5O3. The zero-order valence-corrected chi connectivity index (χ0v) is 17.2. The minimum absolute atomic E-state index is 0.127. The SMILES string of the molecule is COc1ccc(-c2n[nH]c(CNC(=O)CC(NC(C)=O)c3ccc(C)cc3)n2)cc1. The number of rotatable bonds is 8. The number of hydrogen-bond acceptors (Lipinski definition) is 5. The van der Waals surface area contributed by atoms with E-state index in [2.05, 4.69) is 25.8 Å². The van der Waals surface area contributed by atoms with Crippen molar-refractivity contribution in [3.05, 3.63) is 65.5 Å². The molecule has 8 heteroatoms. The fraction of sp³-hybridized carbons (Fsp3) is 0.273. The number of aromatic nitrogens is 3. The minimum atomic E-state index is -0.396. The quantitative estimate of drug-likeness (QED) is 0.532. The average molecular weight is 407 g/mol. The molecule has 0 radical (unpaired) electrons. The summed E-state index contributed by atoms with van der Waals surface area (Å²) in [5.41, 5.74) is 2.84. The number of amides is 2. The molecule has 2 amide bonds. The largest absolute Gasteiger partial charge is 0.497 e. The van der Waals surface area contributed by atoms with Crippen LogP contribution in [0.25, 0.3) is 11.4 Å². The van der Waals surface area contributed by atoms with Crippen molar-refractivity contribution in [3.8, 4) is 17.1 Å². The van der Waals surface area contributed by atoms with E-state index in [-0.39, 0.29) is 24.8 Å². The Bertz CT molecular complexity index is 996. The Hall–Kier alpha value is -3.68. The van der Waals surface area contributed by atoms with Gasteiger partial charge in [-0.2, -0.15) is 5.10 Å². The molecular weight excluding hydrogens is 382 g/mol. The summed E-state index contributed by atoms with van der Waals surface area (Å²) in [6.07, 6.45) is 0.127. The Morgan fingerprint density at radius 3 is 2.43 bits per heavy atom. The molecule has 0 fully saturated rings. The summed E-state index contributed by atoms with van der Waals surface area (Å²) < 4.78 is 5.15. The molecule has 1 aromatic heterocycles. The summed E-state index contributed by atoms with van der Waals surface area (Å²) in [6, 6.07) is 14.7. The van der Waals surface area contributed by atoms with E-state index in [1.165, 1.54) is 6.92 Å². The second-order valence-corrected chi connectivity index (χ2v) is 6.98. The molecule has 2 aromatic carbocycles. The highest BCUT2D eigenvalue weighted by atomic mass is 16.5. The van der Waals surface area contributed by atoms with Gasteiger partial charge in [0.1, 0.15) is 11.6 Å². The monoisotopic (exact) mass is 407 g/mol. The molecule has 3 aromatic rings. The summed E-state index contributed by atoms with van der Waals surface area (Å²) in [7, 11) is 1.61. The molecule has 0 saturated carbocycles. The van der Waals surface area contributed by atoms with Crippen molar-refractivity contribution in [2.24, 2.45) is 0 Å². The molecule has 0 spiro atoms. The number of ether oxygens (including phenoxy) is 1. The smallest absolute Gasteiger partial charge is 0.222 e. The Morgan fingerprint density at radius 2 is 1.80 bits per heavy atom. The molecule has 0 aliphatic rings. The van der Waals surface area contributed by atoms with Crippen LogP contribution in [0.5, 0.6) is 5.75 Å². The van der Waals surface area contributed by atoms with E-state index in [0.717, 1.165) is 22.4 Å². The summed E-state index contributed by atoms with van der Waals surface area (Å²) in [5.74, 6) is 1.45. The van der Waals surface area contributed by atoms with Gasteiger partial charge in [0.15, 0.2) is 5.82 Å². The van der Waals surface area contributed by atoms with Crippen LogP contribution >= 0.6 is 0 Å². The highest BCUT2D eigenvalue weighted by Gasteiger charge is 2.17. The second kappa shape index (κ2) is 9.69. The maximum absolute atomic E-state index is 12.5. The molecule has 0 aliphatic heterocycles. The van der Waals surface area contributed by atoms with Crippen molar-refractivity contribution >= 4 is 11.8 Å². The van der Waals surface area contributed by atoms with Crippen LogP contribution in [0.1, 0.15) is 36.3 Å². The van der Waals surface area contributed by atoms with E-state index in [0.29, 0.717) is 11.6 Å². The molecule has 1 atom stereocenters. The van der Waals surface area contributed by atoms with Gasteiger partial charge in [0.05, 0.1) is 26.1 Å². The summed E-state index contributed by atoms with van der Waals surface area (Å²) in [4.78, 5) is 28.4. The summed E-state index contributed by atoms with van der Waals surface area (Å²) >= 11 is 0. The lowest BCUT2D eigenvalue weighted by Crippen LogP contribution is -2.32. The van der Waals surface area contributed by atoms with Crippen LogP contribution in [0.4, 0.5) is 0 Å². The number of benzene rings is 2. The van der Waals surface area contributed by atoms with E-state index < -0.39 is 6.04 Å². The van der Waals surface area contributed by atoms with E-state index in [4.69, 9.17) is 4.74 Å². The lowest BCUT2D eigenvalue weighted by molar-refractivity contribution is -0.123.